The monoisotopic (exact) mass is 228 g/mol. The molecular weight excluding hydrogens is 215 g/mol. The van der Waals surface area contributed by atoms with Gasteiger partial charge in [-0.05, 0) is 18.2 Å². The minimum Gasteiger partial charge on any atom is -0.496 e. The molecule has 5 heteroatoms. The van der Waals surface area contributed by atoms with E-state index in [9.17, 15) is 9.18 Å². The number of hydrogen-bond acceptors (Lipinski definition) is 4. The van der Waals surface area contributed by atoms with Gasteiger partial charge in [-0.1, -0.05) is 0 Å². The van der Waals surface area contributed by atoms with Gasteiger partial charge in [0, 0.05) is 13.0 Å². The minimum absolute atomic E-state index is 0.0421. The van der Waals surface area contributed by atoms with Crippen LogP contribution >= 0.6 is 0 Å². The molecule has 0 bridgehead atoms. The lowest BCUT2D eigenvalue weighted by Gasteiger charge is -2.08. The highest BCUT2D eigenvalue weighted by molar-refractivity contribution is 5.92. The van der Waals surface area contributed by atoms with E-state index in [0.717, 1.165) is 6.07 Å². The summed E-state index contributed by atoms with van der Waals surface area (Å²) in [6.07, 6.45) is 0.351. The Labute approximate surface area is 92.6 Å². The van der Waals surface area contributed by atoms with Crippen LogP contribution in [0.5, 0.6) is 5.75 Å². The summed E-state index contributed by atoms with van der Waals surface area (Å²) in [7, 11) is 1.39. The fourth-order valence-corrected chi connectivity index (χ4v) is 1.15. The van der Waals surface area contributed by atoms with Crippen molar-refractivity contribution in [3.05, 3.63) is 29.6 Å². The number of aliphatic hydroxyl groups excluding tert-OH is 1. The summed E-state index contributed by atoms with van der Waals surface area (Å²) in [6, 6.07) is 3.61. The number of methoxy groups -OCH3 is 1. The molecule has 0 radical (unpaired) electrons. The largest absolute Gasteiger partial charge is 0.496 e. The number of rotatable bonds is 5. The van der Waals surface area contributed by atoms with Crippen LogP contribution in [0.15, 0.2) is 18.2 Å². The van der Waals surface area contributed by atoms with Gasteiger partial charge in [-0.25, -0.2) is 9.18 Å². The predicted molar refractivity (Wildman–Crippen MR) is 54.9 cm³/mol. The maximum atomic E-state index is 12.9. The highest BCUT2D eigenvalue weighted by Crippen LogP contribution is 2.20. The van der Waals surface area contributed by atoms with Crippen molar-refractivity contribution in [2.24, 2.45) is 0 Å². The Morgan fingerprint density at radius 3 is 2.88 bits per heavy atom. The molecule has 4 nitrogen and oxygen atoms in total. The molecule has 0 saturated heterocycles. The number of benzene rings is 1. The minimum atomic E-state index is -0.662. The van der Waals surface area contributed by atoms with Crippen LogP contribution in [0.3, 0.4) is 0 Å². The van der Waals surface area contributed by atoms with E-state index in [1.165, 1.54) is 19.2 Å². The molecule has 0 aliphatic rings. The Bertz CT molecular complexity index is 365. The second-order valence-corrected chi connectivity index (χ2v) is 3.06. The van der Waals surface area contributed by atoms with E-state index >= 15 is 0 Å². The van der Waals surface area contributed by atoms with E-state index in [-0.39, 0.29) is 24.5 Å². The van der Waals surface area contributed by atoms with Crippen LogP contribution in [0.2, 0.25) is 0 Å². The van der Waals surface area contributed by atoms with Crippen LogP contribution in [-0.2, 0) is 4.74 Å². The van der Waals surface area contributed by atoms with Crippen molar-refractivity contribution in [2.45, 2.75) is 6.42 Å². The zero-order valence-corrected chi connectivity index (χ0v) is 8.90. The smallest absolute Gasteiger partial charge is 0.342 e. The van der Waals surface area contributed by atoms with E-state index < -0.39 is 11.8 Å². The fraction of sp³-hybridized carbons (Fsp3) is 0.364. The quantitative estimate of drug-likeness (QED) is 0.611. The van der Waals surface area contributed by atoms with Gasteiger partial charge in [-0.15, -0.1) is 0 Å². The highest BCUT2D eigenvalue weighted by Gasteiger charge is 2.14. The Balaban J connectivity index is 2.76. The summed E-state index contributed by atoms with van der Waals surface area (Å²) < 4.78 is 22.7. The molecule has 1 aromatic carbocycles. The third kappa shape index (κ3) is 3.20. The number of halogens is 1. The van der Waals surface area contributed by atoms with Crippen molar-refractivity contribution in [1.29, 1.82) is 0 Å². The Hall–Kier alpha value is -1.62. The molecule has 1 rings (SSSR count). The number of ether oxygens (including phenoxy) is 2. The topological polar surface area (TPSA) is 55.8 Å². The number of aliphatic hydroxyl groups is 1. The van der Waals surface area contributed by atoms with Crippen molar-refractivity contribution in [3.63, 3.8) is 0 Å². The molecule has 0 aliphatic carbocycles. The van der Waals surface area contributed by atoms with Gasteiger partial charge in [-0.2, -0.15) is 0 Å². The number of esters is 1. The van der Waals surface area contributed by atoms with Gasteiger partial charge in [0.1, 0.15) is 17.1 Å². The van der Waals surface area contributed by atoms with Crippen molar-refractivity contribution >= 4 is 5.97 Å². The summed E-state index contributed by atoms with van der Waals surface area (Å²) in [5.41, 5.74) is 0.0421. The second kappa shape index (κ2) is 6.07. The Morgan fingerprint density at radius 1 is 1.50 bits per heavy atom. The van der Waals surface area contributed by atoms with Crippen LogP contribution < -0.4 is 4.74 Å². The van der Waals surface area contributed by atoms with Crippen LogP contribution in [0, 0.1) is 5.82 Å². The van der Waals surface area contributed by atoms with Gasteiger partial charge in [0.25, 0.3) is 0 Å². The maximum Gasteiger partial charge on any atom is 0.342 e. The van der Waals surface area contributed by atoms with Crippen molar-refractivity contribution in [3.8, 4) is 5.75 Å². The molecule has 0 aliphatic heterocycles. The molecular formula is C11H13FO4. The van der Waals surface area contributed by atoms with E-state index in [4.69, 9.17) is 14.6 Å². The molecule has 88 valence electrons. The van der Waals surface area contributed by atoms with E-state index in [2.05, 4.69) is 0 Å². The summed E-state index contributed by atoms with van der Waals surface area (Å²) in [4.78, 5) is 11.5. The number of carbonyl (C=O) groups excluding carboxylic acids is 1. The van der Waals surface area contributed by atoms with Crippen molar-refractivity contribution in [1.82, 2.24) is 0 Å². The molecule has 0 heterocycles. The third-order valence-electron chi connectivity index (χ3n) is 1.92. The zero-order valence-electron chi connectivity index (χ0n) is 8.90. The van der Waals surface area contributed by atoms with Crippen LogP contribution in [0.25, 0.3) is 0 Å². The molecule has 1 aromatic rings. The van der Waals surface area contributed by atoms with Gasteiger partial charge in [0.15, 0.2) is 0 Å². The molecule has 0 fully saturated rings. The summed E-state index contributed by atoms with van der Waals surface area (Å²) in [6.45, 7) is 0.0303. The molecule has 0 spiro atoms. The molecule has 0 saturated carbocycles. The standard InChI is InChI=1S/C11H13FO4/c1-15-10-4-3-8(12)7-9(10)11(14)16-6-2-5-13/h3-4,7,13H,2,5-6H2,1H3. The van der Waals surface area contributed by atoms with Crippen LogP contribution in [0.1, 0.15) is 16.8 Å². The summed E-state index contributed by atoms with van der Waals surface area (Å²) in [5, 5.41) is 8.52. The fourth-order valence-electron chi connectivity index (χ4n) is 1.15. The van der Waals surface area contributed by atoms with Crippen molar-refractivity contribution < 1.29 is 23.8 Å². The molecule has 16 heavy (non-hydrogen) atoms. The summed E-state index contributed by atoms with van der Waals surface area (Å²) >= 11 is 0. The summed E-state index contributed by atoms with van der Waals surface area (Å²) in [5.74, 6) is -0.935. The normalized spacial score (nSPS) is 9.94. The van der Waals surface area contributed by atoms with Crippen LogP contribution in [-0.4, -0.2) is 31.4 Å². The number of hydrogen-bond donors (Lipinski definition) is 1. The lowest BCUT2D eigenvalue weighted by atomic mass is 10.2. The van der Waals surface area contributed by atoms with E-state index in [1.807, 2.05) is 0 Å². The number of carbonyl (C=O) groups is 1. The first-order chi connectivity index (χ1) is 7.69. The molecule has 0 aromatic heterocycles. The Morgan fingerprint density at radius 2 is 2.25 bits per heavy atom. The first kappa shape index (κ1) is 12.4. The lowest BCUT2D eigenvalue weighted by Crippen LogP contribution is -2.09. The molecule has 1 N–H and O–H groups in total. The van der Waals surface area contributed by atoms with Crippen LogP contribution in [0.4, 0.5) is 4.39 Å². The zero-order chi connectivity index (χ0) is 12.0. The van der Waals surface area contributed by atoms with Crippen molar-refractivity contribution in [2.75, 3.05) is 20.3 Å². The first-order valence-corrected chi connectivity index (χ1v) is 4.80. The van der Waals surface area contributed by atoms with Gasteiger partial charge in [0.05, 0.1) is 13.7 Å². The maximum absolute atomic E-state index is 12.9. The average Bonchev–Trinajstić information content (AvgIpc) is 2.29. The molecule has 0 amide bonds. The lowest BCUT2D eigenvalue weighted by molar-refractivity contribution is 0.0478. The van der Waals surface area contributed by atoms with E-state index in [1.54, 1.807) is 0 Å². The highest BCUT2D eigenvalue weighted by atomic mass is 19.1. The van der Waals surface area contributed by atoms with E-state index in [0.29, 0.717) is 6.42 Å². The van der Waals surface area contributed by atoms with Gasteiger partial charge in [0.2, 0.25) is 0 Å². The average molecular weight is 228 g/mol. The molecule has 0 unspecified atom stereocenters. The SMILES string of the molecule is COc1ccc(F)cc1C(=O)OCCCO. The first-order valence-electron chi connectivity index (χ1n) is 4.80. The Kier molecular flexibility index (Phi) is 4.72. The van der Waals surface area contributed by atoms with Gasteiger partial charge in [-0.3, -0.25) is 0 Å². The second-order valence-electron chi connectivity index (χ2n) is 3.06. The third-order valence-corrected chi connectivity index (χ3v) is 1.92. The predicted octanol–water partition coefficient (Wildman–Crippen LogP) is 1.37. The van der Waals surface area contributed by atoms with Gasteiger partial charge >= 0.3 is 5.97 Å². The molecule has 0 atom stereocenters. The van der Waals surface area contributed by atoms with Gasteiger partial charge < -0.3 is 14.6 Å².